The number of rotatable bonds is 5. The highest BCUT2D eigenvalue weighted by atomic mass is 16.3. The van der Waals surface area contributed by atoms with Crippen LogP contribution in [0.5, 0.6) is 0 Å². The van der Waals surface area contributed by atoms with E-state index in [2.05, 4.69) is 25.9 Å². The van der Waals surface area contributed by atoms with Gasteiger partial charge < -0.3 is 0 Å². The number of nitriles is 2. The standard InChI is InChI=1S/C17H15N7O2/c1-17(2,3)15-11(8-18)16(23-21-15)22-20-13(9-19)14(25)10-6-4-5-7-12(10)24-26/h4-7H,1-3H3,(H2,21,22,23). The fourth-order valence-corrected chi connectivity index (χ4v) is 2.18. The van der Waals surface area contributed by atoms with Crippen LogP contribution in [-0.2, 0) is 5.41 Å². The van der Waals surface area contributed by atoms with E-state index >= 15 is 0 Å². The number of Topliss-reactive ketones (excluding diaryl/α,β-unsaturated/α-hetero) is 1. The molecule has 0 saturated heterocycles. The molecule has 2 rings (SSSR count). The van der Waals surface area contributed by atoms with Gasteiger partial charge in [0.05, 0.1) is 11.3 Å². The first-order valence-corrected chi connectivity index (χ1v) is 7.53. The van der Waals surface area contributed by atoms with Gasteiger partial charge in [-0.25, -0.2) is 0 Å². The number of benzene rings is 1. The third kappa shape index (κ3) is 3.62. The van der Waals surface area contributed by atoms with Gasteiger partial charge in [0.25, 0.3) is 0 Å². The number of aromatic amines is 1. The first-order chi connectivity index (χ1) is 12.3. The second-order valence-corrected chi connectivity index (χ2v) is 6.31. The van der Waals surface area contributed by atoms with E-state index in [1.807, 2.05) is 26.8 Å². The summed E-state index contributed by atoms with van der Waals surface area (Å²) in [6, 6.07) is 9.52. The summed E-state index contributed by atoms with van der Waals surface area (Å²) in [4.78, 5) is 23.2. The number of carbonyl (C=O) groups excluding carboxylic acids is 1. The molecule has 0 fully saturated rings. The van der Waals surface area contributed by atoms with Crippen molar-refractivity contribution in [3.8, 4) is 12.1 Å². The highest BCUT2D eigenvalue weighted by Crippen LogP contribution is 2.27. The quantitative estimate of drug-likeness (QED) is 0.367. The molecular weight excluding hydrogens is 334 g/mol. The molecule has 0 radical (unpaired) electrons. The molecule has 0 atom stereocenters. The molecule has 26 heavy (non-hydrogen) atoms. The zero-order valence-electron chi connectivity index (χ0n) is 14.4. The van der Waals surface area contributed by atoms with Crippen molar-refractivity contribution < 1.29 is 4.79 Å². The summed E-state index contributed by atoms with van der Waals surface area (Å²) in [6.45, 7) is 5.71. The molecule has 2 N–H and O–H groups in total. The van der Waals surface area contributed by atoms with Gasteiger partial charge in [0.2, 0.25) is 11.5 Å². The van der Waals surface area contributed by atoms with E-state index in [0.717, 1.165) is 0 Å². The van der Waals surface area contributed by atoms with E-state index in [1.165, 1.54) is 12.1 Å². The lowest BCUT2D eigenvalue weighted by Gasteiger charge is -2.15. The molecule has 9 heteroatoms. The Morgan fingerprint density at radius 1 is 1.27 bits per heavy atom. The maximum atomic E-state index is 12.4. The van der Waals surface area contributed by atoms with E-state index in [9.17, 15) is 20.2 Å². The number of carbonyl (C=O) groups is 1. The molecule has 0 aliphatic heterocycles. The summed E-state index contributed by atoms with van der Waals surface area (Å²) >= 11 is 0. The first-order valence-electron chi connectivity index (χ1n) is 7.53. The van der Waals surface area contributed by atoms with Crippen LogP contribution in [-0.4, -0.2) is 21.7 Å². The van der Waals surface area contributed by atoms with Crippen LogP contribution in [0, 0.1) is 27.6 Å². The molecule has 1 aromatic carbocycles. The summed E-state index contributed by atoms with van der Waals surface area (Å²) in [5.41, 5.74) is 2.32. The Labute approximate surface area is 149 Å². The maximum absolute atomic E-state index is 12.4. The average molecular weight is 349 g/mol. The van der Waals surface area contributed by atoms with Crippen molar-refractivity contribution in [2.75, 3.05) is 5.43 Å². The van der Waals surface area contributed by atoms with Gasteiger partial charge in [-0.15, -0.1) is 4.91 Å². The van der Waals surface area contributed by atoms with Crippen molar-refractivity contribution in [2.45, 2.75) is 26.2 Å². The molecule has 2 aromatic rings. The topological polar surface area (TPSA) is 147 Å². The maximum Gasteiger partial charge on any atom is 0.226 e. The van der Waals surface area contributed by atoms with E-state index in [-0.39, 0.29) is 28.0 Å². The lowest BCUT2D eigenvalue weighted by atomic mass is 9.90. The zero-order chi connectivity index (χ0) is 19.3. The summed E-state index contributed by atoms with van der Waals surface area (Å²) in [5, 5.41) is 31.8. The van der Waals surface area contributed by atoms with Crippen LogP contribution in [0.4, 0.5) is 11.5 Å². The smallest absolute Gasteiger partial charge is 0.226 e. The summed E-state index contributed by atoms with van der Waals surface area (Å²) in [5.74, 6) is -0.667. The van der Waals surface area contributed by atoms with Gasteiger partial charge in [-0.2, -0.15) is 20.7 Å². The first kappa shape index (κ1) is 18.5. The largest absolute Gasteiger partial charge is 0.286 e. The van der Waals surface area contributed by atoms with E-state index in [1.54, 1.807) is 18.2 Å². The molecule has 1 aromatic heterocycles. The van der Waals surface area contributed by atoms with Crippen LogP contribution in [0.3, 0.4) is 0 Å². The number of H-pyrrole nitrogens is 1. The molecule has 0 unspecified atom stereocenters. The number of hydrogen-bond donors (Lipinski definition) is 2. The van der Waals surface area contributed by atoms with Crippen molar-refractivity contribution >= 4 is 23.0 Å². The summed E-state index contributed by atoms with van der Waals surface area (Å²) in [6.07, 6.45) is 0. The number of hydrazone groups is 1. The Bertz CT molecular complexity index is 968. The van der Waals surface area contributed by atoms with E-state index in [4.69, 9.17) is 0 Å². The third-order valence-corrected chi connectivity index (χ3v) is 3.47. The van der Waals surface area contributed by atoms with Crippen LogP contribution >= 0.6 is 0 Å². The molecule has 1 heterocycles. The number of hydrogen-bond acceptors (Lipinski definition) is 8. The number of anilines is 1. The normalized spacial score (nSPS) is 11.3. The summed E-state index contributed by atoms with van der Waals surface area (Å²) in [7, 11) is 0. The minimum atomic E-state index is -0.764. The van der Waals surface area contributed by atoms with Gasteiger partial charge in [0.1, 0.15) is 23.4 Å². The molecule has 0 bridgehead atoms. The van der Waals surface area contributed by atoms with Crippen LogP contribution < -0.4 is 5.43 Å². The van der Waals surface area contributed by atoms with Crippen molar-refractivity contribution in [3.63, 3.8) is 0 Å². The highest BCUT2D eigenvalue weighted by molar-refractivity contribution is 6.52. The van der Waals surface area contributed by atoms with Crippen LogP contribution in [0.15, 0.2) is 34.5 Å². The Morgan fingerprint density at radius 3 is 2.54 bits per heavy atom. The number of aromatic nitrogens is 2. The van der Waals surface area contributed by atoms with Gasteiger partial charge in [0, 0.05) is 5.41 Å². The van der Waals surface area contributed by atoms with Crippen LogP contribution in [0.1, 0.15) is 42.4 Å². The molecule has 130 valence electrons. The second-order valence-electron chi connectivity index (χ2n) is 6.31. The molecule has 0 amide bonds. The van der Waals surface area contributed by atoms with Gasteiger partial charge in [-0.1, -0.05) is 32.9 Å². The van der Waals surface area contributed by atoms with Crippen molar-refractivity contribution in [1.29, 1.82) is 10.5 Å². The zero-order valence-corrected chi connectivity index (χ0v) is 14.4. The minimum absolute atomic E-state index is 0.0393. The molecule has 0 spiro atoms. The lowest BCUT2D eigenvalue weighted by molar-refractivity contribution is 0.106. The van der Waals surface area contributed by atoms with Crippen LogP contribution in [0.25, 0.3) is 0 Å². The lowest BCUT2D eigenvalue weighted by Crippen LogP contribution is -2.15. The number of nitrogens with zero attached hydrogens (tertiary/aromatic N) is 5. The third-order valence-electron chi connectivity index (χ3n) is 3.47. The SMILES string of the molecule is CC(C)(C)c1[nH]nc(NN=C(C#N)C(=O)c2ccccc2N=O)c1C#N. The highest BCUT2D eigenvalue weighted by Gasteiger charge is 2.24. The van der Waals surface area contributed by atoms with Crippen molar-refractivity contribution in [3.05, 3.63) is 46.0 Å². The molecule has 0 aliphatic rings. The fraction of sp³-hybridized carbons (Fsp3) is 0.235. The predicted molar refractivity (Wildman–Crippen MR) is 94.9 cm³/mol. The minimum Gasteiger partial charge on any atom is -0.286 e. The van der Waals surface area contributed by atoms with Gasteiger partial charge in [-0.05, 0) is 17.3 Å². The van der Waals surface area contributed by atoms with Gasteiger partial charge in [-0.3, -0.25) is 15.3 Å². The van der Waals surface area contributed by atoms with E-state index in [0.29, 0.717) is 5.69 Å². The average Bonchev–Trinajstić information content (AvgIpc) is 3.05. The molecule has 0 saturated carbocycles. The number of nitroso groups, excluding NO2 is 1. The monoisotopic (exact) mass is 349 g/mol. The predicted octanol–water partition coefficient (Wildman–Crippen LogP) is 3.15. The van der Waals surface area contributed by atoms with Crippen molar-refractivity contribution in [1.82, 2.24) is 10.2 Å². The van der Waals surface area contributed by atoms with Crippen molar-refractivity contribution in [2.24, 2.45) is 10.3 Å². The summed E-state index contributed by atoms with van der Waals surface area (Å²) < 4.78 is 0. The van der Waals surface area contributed by atoms with E-state index < -0.39 is 11.5 Å². The fourth-order valence-electron chi connectivity index (χ4n) is 2.18. The molecule has 0 aliphatic carbocycles. The Kier molecular flexibility index (Phi) is 5.24. The number of nitrogens with one attached hydrogen (secondary N) is 2. The Balaban J connectivity index is 2.36. The van der Waals surface area contributed by atoms with Crippen LogP contribution in [0.2, 0.25) is 0 Å². The Hall–Kier alpha value is -3.85. The number of ketones is 1. The van der Waals surface area contributed by atoms with Gasteiger partial charge in [0.15, 0.2) is 5.82 Å². The Morgan fingerprint density at radius 2 is 1.96 bits per heavy atom. The molecular formula is C17H15N7O2. The molecule has 9 nitrogen and oxygen atoms in total. The van der Waals surface area contributed by atoms with Gasteiger partial charge >= 0.3 is 0 Å². The second kappa shape index (κ2) is 7.36.